The fraction of sp³-hybridized carbons (Fsp3) is 0.500. The van der Waals surface area contributed by atoms with Gasteiger partial charge >= 0.3 is 0 Å². The number of benzene rings is 1. The van der Waals surface area contributed by atoms with Gasteiger partial charge < -0.3 is 11.1 Å². The van der Waals surface area contributed by atoms with Gasteiger partial charge in [0.1, 0.15) is 0 Å². The first-order valence-corrected chi connectivity index (χ1v) is 6.14. The number of nitrogens with one attached hydrogen (secondary N) is 1. The quantitative estimate of drug-likeness (QED) is 0.786. The first-order chi connectivity index (χ1) is 8.11. The smallest absolute Gasteiger partial charge is 0.224 e. The molecule has 0 fully saturated rings. The van der Waals surface area contributed by atoms with Gasteiger partial charge in [-0.2, -0.15) is 0 Å². The Morgan fingerprint density at radius 3 is 2.88 bits per heavy atom. The summed E-state index contributed by atoms with van der Waals surface area (Å²) in [5, 5.41) is 2.94. The molecule has 1 rings (SSSR count). The summed E-state index contributed by atoms with van der Waals surface area (Å²) < 4.78 is 0. The van der Waals surface area contributed by atoms with Gasteiger partial charge in [0.15, 0.2) is 0 Å². The van der Waals surface area contributed by atoms with Crippen molar-refractivity contribution in [3.8, 4) is 0 Å². The third-order valence-electron chi connectivity index (χ3n) is 2.75. The highest BCUT2D eigenvalue weighted by molar-refractivity contribution is 5.78. The van der Waals surface area contributed by atoms with Crippen molar-refractivity contribution >= 4 is 5.91 Å². The number of carbonyl (C=O) groups excluding carboxylic acids is 1. The van der Waals surface area contributed by atoms with E-state index in [0.29, 0.717) is 25.4 Å². The molecule has 3 nitrogen and oxygen atoms in total. The summed E-state index contributed by atoms with van der Waals surface area (Å²) in [5.74, 6) is 0.529. The number of rotatable bonds is 6. The zero-order chi connectivity index (χ0) is 12.7. The van der Waals surface area contributed by atoms with Crippen molar-refractivity contribution in [2.45, 2.75) is 26.7 Å². The van der Waals surface area contributed by atoms with Crippen LogP contribution in [-0.4, -0.2) is 19.0 Å². The maximum absolute atomic E-state index is 11.7. The highest BCUT2D eigenvalue weighted by atomic mass is 16.1. The molecule has 1 aromatic rings. The molecular weight excluding hydrogens is 212 g/mol. The van der Waals surface area contributed by atoms with Crippen LogP contribution in [0.25, 0.3) is 0 Å². The van der Waals surface area contributed by atoms with Gasteiger partial charge in [0.05, 0.1) is 6.42 Å². The molecule has 0 bridgehead atoms. The van der Waals surface area contributed by atoms with Gasteiger partial charge in [-0.1, -0.05) is 36.8 Å². The number of nitrogens with two attached hydrogens (primary N) is 1. The molecule has 0 heterocycles. The molecule has 1 atom stereocenters. The molecule has 0 spiro atoms. The average Bonchev–Trinajstić information content (AvgIpc) is 2.27. The van der Waals surface area contributed by atoms with Crippen LogP contribution in [0.3, 0.4) is 0 Å². The Bertz CT molecular complexity index is 363. The van der Waals surface area contributed by atoms with Crippen LogP contribution in [-0.2, 0) is 11.2 Å². The third-order valence-corrected chi connectivity index (χ3v) is 2.75. The second-order valence-electron chi connectivity index (χ2n) is 4.65. The Hall–Kier alpha value is -1.35. The van der Waals surface area contributed by atoms with E-state index >= 15 is 0 Å². The maximum Gasteiger partial charge on any atom is 0.224 e. The predicted molar refractivity (Wildman–Crippen MR) is 70.7 cm³/mol. The lowest BCUT2D eigenvalue weighted by Crippen LogP contribution is -2.30. The lowest BCUT2D eigenvalue weighted by Gasteiger charge is -2.11. The molecule has 94 valence electrons. The second kappa shape index (κ2) is 7.07. The molecule has 1 aromatic carbocycles. The summed E-state index contributed by atoms with van der Waals surface area (Å²) in [7, 11) is 0. The first-order valence-electron chi connectivity index (χ1n) is 6.14. The van der Waals surface area contributed by atoms with Crippen LogP contribution in [0.5, 0.6) is 0 Å². The Kier molecular flexibility index (Phi) is 5.70. The van der Waals surface area contributed by atoms with Crippen molar-refractivity contribution in [3.63, 3.8) is 0 Å². The molecule has 0 aliphatic heterocycles. The van der Waals surface area contributed by atoms with Gasteiger partial charge in [0, 0.05) is 6.54 Å². The van der Waals surface area contributed by atoms with E-state index in [9.17, 15) is 4.79 Å². The summed E-state index contributed by atoms with van der Waals surface area (Å²) in [5.41, 5.74) is 7.71. The molecule has 0 radical (unpaired) electrons. The highest BCUT2D eigenvalue weighted by Gasteiger charge is 2.06. The number of aryl methyl sites for hydroxylation is 1. The van der Waals surface area contributed by atoms with Crippen LogP contribution < -0.4 is 11.1 Å². The molecule has 3 N–H and O–H groups in total. The van der Waals surface area contributed by atoms with Crippen molar-refractivity contribution in [2.75, 3.05) is 13.1 Å². The molecule has 1 amide bonds. The second-order valence-corrected chi connectivity index (χ2v) is 4.65. The van der Waals surface area contributed by atoms with Crippen molar-refractivity contribution in [1.82, 2.24) is 5.32 Å². The van der Waals surface area contributed by atoms with Crippen LogP contribution in [0.1, 0.15) is 24.5 Å². The highest BCUT2D eigenvalue weighted by Crippen LogP contribution is 2.05. The van der Waals surface area contributed by atoms with Crippen LogP contribution >= 0.6 is 0 Å². The van der Waals surface area contributed by atoms with Crippen LogP contribution in [0.2, 0.25) is 0 Å². The predicted octanol–water partition coefficient (Wildman–Crippen LogP) is 1.64. The molecule has 0 saturated heterocycles. The van der Waals surface area contributed by atoms with E-state index < -0.39 is 0 Å². The zero-order valence-corrected chi connectivity index (χ0v) is 10.7. The summed E-state index contributed by atoms with van der Waals surface area (Å²) in [6.45, 7) is 5.52. The molecule has 0 saturated carbocycles. The molecule has 0 aliphatic rings. The fourth-order valence-electron chi connectivity index (χ4n) is 1.74. The normalized spacial score (nSPS) is 12.2. The summed E-state index contributed by atoms with van der Waals surface area (Å²) in [6.07, 6.45) is 1.40. The van der Waals surface area contributed by atoms with Gasteiger partial charge in [-0.15, -0.1) is 0 Å². The standard InChI is InChI=1S/C14H22N2O/c1-11-4-3-5-13(8-11)9-14(17)16-10-12(2)6-7-15/h3-5,8,12H,6-7,9-10,15H2,1-2H3,(H,16,17). The van der Waals surface area contributed by atoms with Crippen molar-refractivity contribution in [2.24, 2.45) is 11.7 Å². The number of carbonyl (C=O) groups is 1. The summed E-state index contributed by atoms with van der Waals surface area (Å²) in [6, 6.07) is 8.04. The minimum Gasteiger partial charge on any atom is -0.356 e. The molecule has 3 heteroatoms. The van der Waals surface area contributed by atoms with Gasteiger partial charge in [-0.25, -0.2) is 0 Å². The Morgan fingerprint density at radius 1 is 1.47 bits per heavy atom. The molecule has 0 aromatic heterocycles. The van der Waals surface area contributed by atoms with Crippen LogP contribution in [0.4, 0.5) is 0 Å². The monoisotopic (exact) mass is 234 g/mol. The Balaban J connectivity index is 2.34. The van der Waals surface area contributed by atoms with E-state index in [1.807, 2.05) is 31.2 Å². The lowest BCUT2D eigenvalue weighted by molar-refractivity contribution is -0.120. The average molecular weight is 234 g/mol. The van der Waals surface area contributed by atoms with Gasteiger partial charge in [0.25, 0.3) is 0 Å². The Morgan fingerprint density at radius 2 is 2.24 bits per heavy atom. The third kappa shape index (κ3) is 5.50. The van der Waals surface area contributed by atoms with E-state index in [1.165, 1.54) is 5.56 Å². The van der Waals surface area contributed by atoms with Crippen LogP contribution in [0.15, 0.2) is 24.3 Å². The number of hydrogen-bond donors (Lipinski definition) is 2. The fourth-order valence-corrected chi connectivity index (χ4v) is 1.74. The first kappa shape index (κ1) is 13.7. The molecular formula is C14H22N2O. The Labute approximate surface area is 103 Å². The van der Waals surface area contributed by atoms with E-state index in [4.69, 9.17) is 5.73 Å². The topological polar surface area (TPSA) is 55.1 Å². The van der Waals surface area contributed by atoms with E-state index in [0.717, 1.165) is 12.0 Å². The van der Waals surface area contributed by atoms with Crippen LogP contribution in [0, 0.1) is 12.8 Å². The minimum absolute atomic E-state index is 0.0828. The van der Waals surface area contributed by atoms with E-state index in [2.05, 4.69) is 12.2 Å². The molecule has 17 heavy (non-hydrogen) atoms. The van der Waals surface area contributed by atoms with Gasteiger partial charge in [-0.3, -0.25) is 4.79 Å². The summed E-state index contributed by atoms with van der Waals surface area (Å²) >= 11 is 0. The van der Waals surface area contributed by atoms with Crippen molar-refractivity contribution in [1.29, 1.82) is 0 Å². The van der Waals surface area contributed by atoms with Crippen molar-refractivity contribution in [3.05, 3.63) is 35.4 Å². The number of hydrogen-bond acceptors (Lipinski definition) is 2. The lowest BCUT2D eigenvalue weighted by atomic mass is 10.1. The maximum atomic E-state index is 11.7. The largest absolute Gasteiger partial charge is 0.356 e. The number of amides is 1. The zero-order valence-electron chi connectivity index (χ0n) is 10.7. The van der Waals surface area contributed by atoms with E-state index in [-0.39, 0.29) is 5.91 Å². The summed E-state index contributed by atoms with van der Waals surface area (Å²) in [4.78, 5) is 11.7. The van der Waals surface area contributed by atoms with Gasteiger partial charge in [0.2, 0.25) is 5.91 Å². The van der Waals surface area contributed by atoms with Gasteiger partial charge in [-0.05, 0) is 31.4 Å². The van der Waals surface area contributed by atoms with E-state index in [1.54, 1.807) is 0 Å². The minimum atomic E-state index is 0.0828. The SMILES string of the molecule is Cc1cccc(CC(=O)NCC(C)CCN)c1. The van der Waals surface area contributed by atoms with Crippen molar-refractivity contribution < 1.29 is 4.79 Å². The molecule has 1 unspecified atom stereocenters. The molecule has 0 aliphatic carbocycles.